The van der Waals surface area contributed by atoms with Gasteiger partial charge in [-0.2, -0.15) is 0 Å². The second-order valence-corrected chi connectivity index (χ2v) is 4.65. The molecule has 0 spiro atoms. The van der Waals surface area contributed by atoms with Crippen molar-refractivity contribution < 1.29 is 0 Å². The van der Waals surface area contributed by atoms with E-state index in [9.17, 15) is 0 Å². The smallest absolute Gasteiger partial charge is 0.0967 e. The lowest BCUT2D eigenvalue weighted by molar-refractivity contribution is 0.269. The van der Waals surface area contributed by atoms with E-state index in [1.165, 1.54) is 5.56 Å². The van der Waals surface area contributed by atoms with Crippen LogP contribution in [0.4, 0.5) is 0 Å². The summed E-state index contributed by atoms with van der Waals surface area (Å²) >= 11 is 5.85. The van der Waals surface area contributed by atoms with Gasteiger partial charge in [-0.1, -0.05) is 35.5 Å². The first kappa shape index (κ1) is 13.1. The summed E-state index contributed by atoms with van der Waals surface area (Å²) in [5.74, 6) is 0.618. The molecule has 0 aliphatic heterocycles. The van der Waals surface area contributed by atoms with Crippen LogP contribution in [0.15, 0.2) is 36.5 Å². The molecule has 2 rings (SSSR count). The molecule has 0 aliphatic carbocycles. The van der Waals surface area contributed by atoms with Gasteiger partial charge in [0, 0.05) is 38.8 Å². The second-order valence-electron chi connectivity index (χ2n) is 4.27. The minimum Gasteiger partial charge on any atom is -0.292 e. The molecule has 1 heterocycles. The lowest BCUT2D eigenvalue weighted by Gasteiger charge is -2.19. The van der Waals surface area contributed by atoms with Crippen molar-refractivity contribution in [2.45, 2.75) is 13.1 Å². The lowest BCUT2D eigenvalue weighted by Crippen LogP contribution is -2.25. The molecule has 96 valence electrons. The molecule has 0 fully saturated rings. The molecule has 0 amide bonds. The zero-order chi connectivity index (χ0) is 12.8. The normalized spacial score (nSPS) is 11.1. The zero-order valence-electron chi connectivity index (χ0n) is 10.5. The number of aryl methyl sites for hydroxylation is 1. The number of nitrogens with zero attached hydrogens (tertiary/aromatic N) is 4. The van der Waals surface area contributed by atoms with Crippen LogP contribution in [0, 0.1) is 0 Å². The summed E-state index contributed by atoms with van der Waals surface area (Å²) < 4.78 is 1.72. The van der Waals surface area contributed by atoms with Gasteiger partial charge in [-0.15, -0.1) is 16.7 Å². The van der Waals surface area contributed by atoms with E-state index in [0.717, 1.165) is 25.3 Å². The summed E-state index contributed by atoms with van der Waals surface area (Å²) in [5.41, 5.74) is 2.25. The Morgan fingerprint density at radius 1 is 1.22 bits per heavy atom. The largest absolute Gasteiger partial charge is 0.292 e. The predicted octanol–water partition coefficient (Wildman–Crippen LogP) is 2.06. The van der Waals surface area contributed by atoms with E-state index < -0.39 is 0 Å². The Bertz CT molecular complexity index is 469. The molecule has 1 aromatic heterocycles. The summed E-state index contributed by atoms with van der Waals surface area (Å²) in [5, 5.41) is 8.05. The number of rotatable bonds is 6. The fraction of sp³-hybridized carbons (Fsp3) is 0.385. The van der Waals surface area contributed by atoms with Crippen molar-refractivity contribution in [3.05, 3.63) is 47.8 Å². The SMILES string of the molecule is Cn1cc(CN(CCCl)Cc2ccccc2)nn1. The average molecular weight is 265 g/mol. The number of hydrogen-bond donors (Lipinski definition) is 0. The van der Waals surface area contributed by atoms with E-state index >= 15 is 0 Å². The minimum atomic E-state index is 0.618. The molecule has 1 aromatic carbocycles. The van der Waals surface area contributed by atoms with Crippen LogP contribution >= 0.6 is 11.6 Å². The van der Waals surface area contributed by atoms with E-state index in [1.807, 2.05) is 19.3 Å². The molecular weight excluding hydrogens is 248 g/mol. The Kier molecular flexibility index (Phi) is 4.73. The lowest BCUT2D eigenvalue weighted by atomic mass is 10.2. The Morgan fingerprint density at radius 3 is 2.61 bits per heavy atom. The Hall–Kier alpha value is -1.39. The van der Waals surface area contributed by atoms with E-state index in [4.69, 9.17) is 11.6 Å². The Labute approximate surface area is 112 Å². The molecule has 0 atom stereocenters. The van der Waals surface area contributed by atoms with Crippen molar-refractivity contribution in [1.29, 1.82) is 0 Å². The maximum Gasteiger partial charge on any atom is 0.0967 e. The molecule has 18 heavy (non-hydrogen) atoms. The molecule has 0 aliphatic rings. The van der Waals surface area contributed by atoms with Gasteiger partial charge in [-0.05, 0) is 5.56 Å². The third-order valence-electron chi connectivity index (χ3n) is 2.69. The quantitative estimate of drug-likeness (QED) is 0.749. The van der Waals surface area contributed by atoms with Gasteiger partial charge in [0.05, 0.1) is 5.69 Å². The highest BCUT2D eigenvalue weighted by Gasteiger charge is 2.08. The average Bonchev–Trinajstić information content (AvgIpc) is 2.76. The first-order chi connectivity index (χ1) is 8.78. The summed E-state index contributed by atoms with van der Waals surface area (Å²) in [7, 11) is 1.87. The van der Waals surface area contributed by atoms with Crippen LogP contribution in [-0.2, 0) is 20.1 Å². The third kappa shape index (κ3) is 3.82. The molecule has 0 saturated heterocycles. The van der Waals surface area contributed by atoms with Crippen LogP contribution in [0.25, 0.3) is 0 Å². The number of aromatic nitrogens is 3. The van der Waals surface area contributed by atoms with E-state index in [1.54, 1.807) is 4.68 Å². The topological polar surface area (TPSA) is 34.0 Å². The highest BCUT2D eigenvalue weighted by atomic mass is 35.5. The summed E-state index contributed by atoms with van der Waals surface area (Å²) in [6.07, 6.45) is 1.94. The first-order valence-electron chi connectivity index (χ1n) is 5.95. The second kappa shape index (κ2) is 6.52. The van der Waals surface area contributed by atoms with Crippen molar-refractivity contribution in [3.8, 4) is 0 Å². The number of hydrogen-bond acceptors (Lipinski definition) is 3. The highest BCUT2D eigenvalue weighted by molar-refractivity contribution is 6.18. The van der Waals surface area contributed by atoms with E-state index in [2.05, 4.69) is 39.5 Å². The van der Waals surface area contributed by atoms with Crippen LogP contribution in [0.2, 0.25) is 0 Å². The molecule has 2 aromatic rings. The molecule has 4 nitrogen and oxygen atoms in total. The molecule has 0 N–H and O–H groups in total. The first-order valence-corrected chi connectivity index (χ1v) is 6.49. The predicted molar refractivity (Wildman–Crippen MR) is 72.3 cm³/mol. The molecule has 0 unspecified atom stereocenters. The van der Waals surface area contributed by atoms with Gasteiger partial charge in [0.15, 0.2) is 0 Å². The highest BCUT2D eigenvalue weighted by Crippen LogP contribution is 2.08. The van der Waals surface area contributed by atoms with Crippen LogP contribution in [0.1, 0.15) is 11.3 Å². The number of alkyl halides is 1. The van der Waals surface area contributed by atoms with Crippen molar-refractivity contribution in [1.82, 2.24) is 19.9 Å². The van der Waals surface area contributed by atoms with Gasteiger partial charge in [-0.3, -0.25) is 9.58 Å². The Morgan fingerprint density at radius 2 is 2.00 bits per heavy atom. The van der Waals surface area contributed by atoms with Crippen molar-refractivity contribution in [2.75, 3.05) is 12.4 Å². The van der Waals surface area contributed by atoms with Gasteiger partial charge in [0.1, 0.15) is 0 Å². The molecular formula is C13H17ClN4. The monoisotopic (exact) mass is 264 g/mol. The summed E-state index contributed by atoms with van der Waals surface area (Å²) in [4.78, 5) is 2.27. The van der Waals surface area contributed by atoms with Gasteiger partial charge in [0.2, 0.25) is 0 Å². The molecule has 5 heteroatoms. The van der Waals surface area contributed by atoms with Crippen molar-refractivity contribution in [2.24, 2.45) is 7.05 Å². The van der Waals surface area contributed by atoms with E-state index in [-0.39, 0.29) is 0 Å². The zero-order valence-corrected chi connectivity index (χ0v) is 11.2. The fourth-order valence-corrected chi connectivity index (χ4v) is 2.11. The number of halogens is 1. The molecule has 0 saturated carbocycles. The fourth-order valence-electron chi connectivity index (χ4n) is 1.87. The number of benzene rings is 1. The molecule has 0 bridgehead atoms. The van der Waals surface area contributed by atoms with Crippen LogP contribution in [0.5, 0.6) is 0 Å². The van der Waals surface area contributed by atoms with Gasteiger partial charge >= 0.3 is 0 Å². The Balaban J connectivity index is 1.99. The standard InChI is InChI=1S/C13H17ClN4/c1-17-10-13(15-16-17)11-18(8-7-14)9-12-5-3-2-4-6-12/h2-6,10H,7-9,11H2,1H3. The minimum absolute atomic E-state index is 0.618. The van der Waals surface area contributed by atoms with Crippen LogP contribution in [-0.4, -0.2) is 32.3 Å². The maximum atomic E-state index is 5.85. The van der Waals surface area contributed by atoms with Gasteiger partial charge in [-0.25, -0.2) is 0 Å². The molecule has 0 radical (unpaired) electrons. The third-order valence-corrected chi connectivity index (χ3v) is 2.85. The maximum absolute atomic E-state index is 5.85. The van der Waals surface area contributed by atoms with Crippen molar-refractivity contribution >= 4 is 11.6 Å². The summed E-state index contributed by atoms with van der Waals surface area (Å²) in [6, 6.07) is 10.4. The van der Waals surface area contributed by atoms with Crippen LogP contribution in [0.3, 0.4) is 0 Å². The van der Waals surface area contributed by atoms with Crippen LogP contribution < -0.4 is 0 Å². The van der Waals surface area contributed by atoms with Crippen molar-refractivity contribution in [3.63, 3.8) is 0 Å². The summed E-state index contributed by atoms with van der Waals surface area (Å²) in [6.45, 7) is 2.49. The van der Waals surface area contributed by atoms with Gasteiger partial charge in [0.25, 0.3) is 0 Å². The van der Waals surface area contributed by atoms with Gasteiger partial charge < -0.3 is 0 Å². The van der Waals surface area contributed by atoms with E-state index in [0.29, 0.717) is 5.88 Å².